The second kappa shape index (κ2) is 7.61. The van der Waals surface area contributed by atoms with Crippen LogP contribution in [0.3, 0.4) is 0 Å². The van der Waals surface area contributed by atoms with Crippen molar-refractivity contribution in [2.45, 2.75) is 13.3 Å². The van der Waals surface area contributed by atoms with Gasteiger partial charge in [-0.25, -0.2) is 4.79 Å². The molecule has 0 spiro atoms. The summed E-state index contributed by atoms with van der Waals surface area (Å²) < 4.78 is 1.67. The van der Waals surface area contributed by atoms with Crippen LogP contribution in [-0.4, -0.2) is 34.1 Å². The number of anilines is 1. The quantitative estimate of drug-likeness (QED) is 0.765. The van der Waals surface area contributed by atoms with Crippen molar-refractivity contribution in [3.05, 3.63) is 36.5 Å². The highest BCUT2D eigenvalue weighted by Gasteiger charge is 2.13. The molecule has 0 aliphatic heterocycles. The molecule has 0 aliphatic rings. The Balaban J connectivity index is 2.02. The lowest BCUT2D eigenvalue weighted by Gasteiger charge is -2.12. The molecule has 22 heavy (non-hydrogen) atoms. The van der Waals surface area contributed by atoms with E-state index in [1.165, 1.54) is 0 Å². The first kappa shape index (κ1) is 16.0. The molecule has 0 aliphatic carbocycles. The lowest BCUT2D eigenvalue weighted by atomic mass is 10.1. The molecular formula is C16H22N4O2. The molecule has 0 saturated heterocycles. The zero-order valence-electron chi connectivity index (χ0n) is 12.9. The van der Waals surface area contributed by atoms with Crippen LogP contribution in [0.15, 0.2) is 36.5 Å². The Kier molecular flexibility index (Phi) is 5.55. The number of rotatable bonds is 6. The minimum Gasteiger partial charge on any atom is -0.396 e. The fraction of sp³-hybridized carbons (Fsp3) is 0.375. The molecule has 1 aromatic carbocycles. The van der Waals surface area contributed by atoms with Crippen molar-refractivity contribution in [2.24, 2.45) is 13.0 Å². The normalized spacial score (nSPS) is 12.0. The van der Waals surface area contributed by atoms with Crippen LogP contribution in [0, 0.1) is 5.92 Å². The summed E-state index contributed by atoms with van der Waals surface area (Å²) >= 11 is 0. The SMILES string of the molecule is CC(CCO)CNC(=O)Nc1cn(C)nc1-c1ccccc1. The van der Waals surface area contributed by atoms with Crippen LogP contribution in [0.25, 0.3) is 11.3 Å². The minimum absolute atomic E-state index is 0.130. The van der Waals surface area contributed by atoms with E-state index in [-0.39, 0.29) is 18.6 Å². The Morgan fingerprint density at radius 2 is 2.09 bits per heavy atom. The van der Waals surface area contributed by atoms with E-state index in [4.69, 9.17) is 5.11 Å². The summed E-state index contributed by atoms with van der Waals surface area (Å²) in [5.41, 5.74) is 2.36. The first-order chi connectivity index (χ1) is 10.6. The minimum atomic E-state index is -0.269. The van der Waals surface area contributed by atoms with Gasteiger partial charge in [-0.2, -0.15) is 5.10 Å². The van der Waals surface area contributed by atoms with Gasteiger partial charge in [0.05, 0.1) is 5.69 Å². The molecule has 6 nitrogen and oxygen atoms in total. The number of aryl methyl sites for hydroxylation is 1. The summed E-state index contributed by atoms with van der Waals surface area (Å²) in [7, 11) is 1.82. The maximum atomic E-state index is 12.0. The Morgan fingerprint density at radius 3 is 2.77 bits per heavy atom. The molecule has 0 bridgehead atoms. The third kappa shape index (κ3) is 4.33. The topological polar surface area (TPSA) is 79.2 Å². The first-order valence-corrected chi connectivity index (χ1v) is 7.35. The summed E-state index contributed by atoms with van der Waals surface area (Å²) in [4.78, 5) is 12.0. The molecule has 3 N–H and O–H groups in total. The number of aliphatic hydroxyl groups excluding tert-OH is 1. The van der Waals surface area contributed by atoms with Gasteiger partial charge >= 0.3 is 6.03 Å². The second-order valence-corrected chi connectivity index (χ2v) is 5.38. The fourth-order valence-electron chi connectivity index (χ4n) is 2.15. The molecule has 2 aromatic rings. The highest BCUT2D eigenvalue weighted by molar-refractivity contribution is 5.93. The van der Waals surface area contributed by atoms with E-state index in [1.54, 1.807) is 10.9 Å². The van der Waals surface area contributed by atoms with Gasteiger partial charge in [-0.3, -0.25) is 4.68 Å². The van der Waals surface area contributed by atoms with Crippen molar-refractivity contribution in [1.82, 2.24) is 15.1 Å². The van der Waals surface area contributed by atoms with Gasteiger partial charge in [-0.05, 0) is 12.3 Å². The van der Waals surface area contributed by atoms with Crippen LogP contribution in [0.5, 0.6) is 0 Å². The number of carbonyl (C=O) groups is 1. The molecule has 1 aromatic heterocycles. The molecule has 1 unspecified atom stereocenters. The summed E-state index contributed by atoms with van der Waals surface area (Å²) in [5.74, 6) is 0.234. The maximum Gasteiger partial charge on any atom is 0.319 e. The standard InChI is InChI=1S/C16H22N4O2/c1-12(8-9-21)10-17-16(22)18-14-11-20(2)19-15(14)13-6-4-3-5-7-13/h3-7,11-12,21H,8-10H2,1-2H3,(H2,17,18,22). The molecule has 0 saturated carbocycles. The number of nitrogens with zero attached hydrogens (tertiary/aromatic N) is 2. The molecule has 6 heteroatoms. The van der Waals surface area contributed by atoms with Crippen molar-refractivity contribution in [3.8, 4) is 11.3 Å². The summed E-state index contributed by atoms with van der Waals surface area (Å²) in [6, 6.07) is 9.45. The van der Waals surface area contributed by atoms with Crippen LogP contribution in [-0.2, 0) is 7.05 Å². The smallest absolute Gasteiger partial charge is 0.319 e. The van der Waals surface area contributed by atoms with E-state index in [2.05, 4.69) is 15.7 Å². The molecule has 2 amide bonds. The van der Waals surface area contributed by atoms with Crippen LogP contribution < -0.4 is 10.6 Å². The van der Waals surface area contributed by atoms with Crippen molar-refractivity contribution in [3.63, 3.8) is 0 Å². The average Bonchev–Trinajstić information content (AvgIpc) is 2.87. The predicted octanol–water partition coefficient (Wildman–Crippen LogP) is 2.23. The molecule has 118 valence electrons. The predicted molar refractivity (Wildman–Crippen MR) is 86.5 cm³/mol. The maximum absolute atomic E-state index is 12.0. The molecule has 0 fully saturated rings. The number of aliphatic hydroxyl groups is 1. The number of carbonyl (C=O) groups excluding carboxylic acids is 1. The zero-order chi connectivity index (χ0) is 15.9. The third-order valence-corrected chi connectivity index (χ3v) is 3.36. The Morgan fingerprint density at radius 1 is 1.36 bits per heavy atom. The van der Waals surface area contributed by atoms with Crippen LogP contribution in [0.4, 0.5) is 10.5 Å². The number of nitrogens with one attached hydrogen (secondary N) is 2. The van der Waals surface area contributed by atoms with Crippen molar-refractivity contribution in [1.29, 1.82) is 0 Å². The summed E-state index contributed by atoms with van der Waals surface area (Å²) in [6.45, 7) is 2.63. The fourth-order valence-corrected chi connectivity index (χ4v) is 2.15. The van der Waals surface area contributed by atoms with Crippen LogP contribution in [0.2, 0.25) is 0 Å². The Hall–Kier alpha value is -2.34. The van der Waals surface area contributed by atoms with Gasteiger partial charge in [0.1, 0.15) is 5.69 Å². The van der Waals surface area contributed by atoms with Crippen molar-refractivity contribution >= 4 is 11.7 Å². The summed E-state index contributed by atoms with van der Waals surface area (Å²) in [5, 5.41) is 18.9. The number of aromatic nitrogens is 2. The van der Waals surface area contributed by atoms with Gasteiger partial charge in [0.15, 0.2) is 0 Å². The van der Waals surface area contributed by atoms with E-state index < -0.39 is 0 Å². The highest BCUT2D eigenvalue weighted by Crippen LogP contribution is 2.25. The lowest BCUT2D eigenvalue weighted by Crippen LogP contribution is -2.32. The number of urea groups is 1. The average molecular weight is 302 g/mol. The summed E-state index contributed by atoms with van der Waals surface area (Å²) in [6.07, 6.45) is 2.45. The first-order valence-electron chi connectivity index (χ1n) is 7.35. The van der Waals surface area contributed by atoms with E-state index >= 15 is 0 Å². The number of hydrogen-bond donors (Lipinski definition) is 3. The molecule has 1 atom stereocenters. The van der Waals surface area contributed by atoms with Crippen LogP contribution in [0.1, 0.15) is 13.3 Å². The van der Waals surface area contributed by atoms with Crippen LogP contribution >= 0.6 is 0 Å². The monoisotopic (exact) mass is 302 g/mol. The zero-order valence-corrected chi connectivity index (χ0v) is 12.9. The van der Waals surface area contributed by atoms with E-state index in [0.717, 1.165) is 11.3 Å². The molecule has 2 rings (SSSR count). The van der Waals surface area contributed by atoms with Crippen molar-refractivity contribution < 1.29 is 9.90 Å². The van der Waals surface area contributed by atoms with E-state index in [9.17, 15) is 4.79 Å². The van der Waals surface area contributed by atoms with Gasteiger partial charge in [-0.1, -0.05) is 37.3 Å². The second-order valence-electron chi connectivity index (χ2n) is 5.38. The molecule has 1 heterocycles. The Labute approximate surface area is 130 Å². The Bertz CT molecular complexity index is 610. The number of benzene rings is 1. The van der Waals surface area contributed by atoms with Gasteiger partial charge in [-0.15, -0.1) is 0 Å². The van der Waals surface area contributed by atoms with E-state index in [0.29, 0.717) is 18.7 Å². The van der Waals surface area contributed by atoms with E-state index in [1.807, 2.05) is 44.3 Å². The van der Waals surface area contributed by atoms with Gasteiger partial charge in [0.2, 0.25) is 0 Å². The highest BCUT2D eigenvalue weighted by atomic mass is 16.3. The lowest BCUT2D eigenvalue weighted by molar-refractivity contribution is 0.243. The number of hydrogen-bond acceptors (Lipinski definition) is 3. The van der Waals surface area contributed by atoms with Gasteiger partial charge < -0.3 is 15.7 Å². The molecular weight excluding hydrogens is 280 g/mol. The van der Waals surface area contributed by atoms with Gasteiger partial charge in [0.25, 0.3) is 0 Å². The van der Waals surface area contributed by atoms with Crippen molar-refractivity contribution in [2.75, 3.05) is 18.5 Å². The molecule has 0 radical (unpaired) electrons. The largest absolute Gasteiger partial charge is 0.396 e. The third-order valence-electron chi connectivity index (χ3n) is 3.36. The van der Waals surface area contributed by atoms with Gasteiger partial charge in [0, 0.05) is 32.0 Å². The number of amides is 2.